The van der Waals surface area contributed by atoms with Gasteiger partial charge in [-0.05, 0) is 60.2 Å². The lowest BCUT2D eigenvalue weighted by molar-refractivity contribution is 1.10. The van der Waals surface area contributed by atoms with Crippen molar-refractivity contribution in [2.24, 2.45) is 0 Å². The molecule has 1 aromatic heterocycles. The molecule has 226 valence electrons. The predicted octanol–water partition coefficient (Wildman–Crippen LogP) is 11.8. The molecule has 0 aliphatic carbocycles. The van der Waals surface area contributed by atoms with Gasteiger partial charge in [-0.2, -0.15) is 0 Å². The molecule has 5 aromatic carbocycles. The topological polar surface area (TPSA) is 33.1 Å². The number of nitrogens with zero attached hydrogens (tertiary/aromatic N) is 3. The van der Waals surface area contributed by atoms with Crippen LogP contribution in [-0.2, 0) is 0 Å². The van der Waals surface area contributed by atoms with Gasteiger partial charge in [0.25, 0.3) is 0 Å². The van der Waals surface area contributed by atoms with E-state index in [0.29, 0.717) is 0 Å². The number of para-hydroxylation sites is 2. The van der Waals surface area contributed by atoms with Crippen LogP contribution in [0.15, 0.2) is 167 Å². The Morgan fingerprint density at radius 3 is 2.15 bits per heavy atom. The standard InChI is InChI=1S/C38H28N4S2.C2H6/c1-3-31-34(4-2)43-35-18-12-11-17-32(35)41(31)28-21-19-26(20-22-28)38-40-30-23-33-29(24-36(30)44-38)39-37(25-13-7-5-8-14-25)42(33)27-15-9-6-10-16-27;1-2/h3-24,38,40H,1-2H2;1-2H3. The van der Waals surface area contributed by atoms with Crippen molar-refractivity contribution < 1.29 is 0 Å². The van der Waals surface area contributed by atoms with Crippen molar-refractivity contribution in [2.45, 2.75) is 29.0 Å². The van der Waals surface area contributed by atoms with Crippen LogP contribution in [0.2, 0.25) is 0 Å². The van der Waals surface area contributed by atoms with Crippen molar-refractivity contribution in [1.29, 1.82) is 0 Å². The van der Waals surface area contributed by atoms with Gasteiger partial charge < -0.3 is 10.2 Å². The van der Waals surface area contributed by atoms with Gasteiger partial charge in [0, 0.05) is 31.6 Å². The molecule has 6 aromatic rings. The van der Waals surface area contributed by atoms with Gasteiger partial charge in [0.05, 0.1) is 28.1 Å². The minimum atomic E-state index is 0.103. The molecule has 1 N–H and O–H groups in total. The SMILES string of the molecule is C=CC1=C(C=C)N(c2ccc(C3Nc4cc5c(cc4S3)nc(-c3ccccc3)n5-c3ccccc3)cc2)c2ccccc2S1.CC. The second-order valence-corrected chi connectivity index (χ2v) is 12.8. The lowest BCUT2D eigenvalue weighted by atomic mass is 10.1. The summed E-state index contributed by atoms with van der Waals surface area (Å²) >= 11 is 3.57. The zero-order valence-corrected chi connectivity index (χ0v) is 27.5. The Labute approximate surface area is 279 Å². The third-order valence-corrected chi connectivity index (χ3v) is 10.4. The van der Waals surface area contributed by atoms with E-state index in [4.69, 9.17) is 4.98 Å². The number of fused-ring (bicyclic) bond motifs is 3. The fraction of sp³-hybridized carbons (Fsp3) is 0.0750. The van der Waals surface area contributed by atoms with Gasteiger partial charge in [0.2, 0.25) is 0 Å². The molecule has 1 unspecified atom stereocenters. The third kappa shape index (κ3) is 5.23. The molecule has 0 saturated carbocycles. The summed E-state index contributed by atoms with van der Waals surface area (Å²) in [6.45, 7) is 12.2. The lowest BCUT2D eigenvalue weighted by Gasteiger charge is -2.33. The van der Waals surface area contributed by atoms with Crippen molar-refractivity contribution in [3.05, 3.63) is 163 Å². The summed E-state index contributed by atoms with van der Waals surface area (Å²) in [6.07, 6.45) is 3.83. The van der Waals surface area contributed by atoms with Crippen LogP contribution in [0.4, 0.5) is 17.1 Å². The molecule has 46 heavy (non-hydrogen) atoms. The molecule has 0 radical (unpaired) electrons. The number of anilines is 3. The van der Waals surface area contributed by atoms with E-state index in [1.54, 1.807) is 11.8 Å². The fourth-order valence-corrected chi connectivity index (χ4v) is 8.10. The van der Waals surface area contributed by atoms with Gasteiger partial charge in [0.1, 0.15) is 11.2 Å². The molecular weight excluding hydrogens is 601 g/mol. The summed E-state index contributed by atoms with van der Waals surface area (Å²) in [5.41, 5.74) is 9.90. The molecule has 0 fully saturated rings. The maximum atomic E-state index is 5.14. The molecular formula is C40H34N4S2. The van der Waals surface area contributed by atoms with Crippen molar-refractivity contribution in [2.75, 3.05) is 10.2 Å². The summed E-state index contributed by atoms with van der Waals surface area (Å²) < 4.78 is 2.26. The van der Waals surface area contributed by atoms with E-state index in [-0.39, 0.29) is 5.37 Å². The minimum Gasteiger partial charge on any atom is -0.368 e. The fourth-order valence-electron chi connectivity index (χ4n) is 5.94. The second kappa shape index (κ2) is 12.8. The maximum absolute atomic E-state index is 5.14. The highest BCUT2D eigenvalue weighted by molar-refractivity contribution is 8.03. The first-order valence-corrected chi connectivity index (χ1v) is 17.2. The highest BCUT2D eigenvalue weighted by atomic mass is 32.2. The third-order valence-electron chi connectivity index (χ3n) is 7.99. The number of aromatic nitrogens is 2. The molecule has 1 atom stereocenters. The van der Waals surface area contributed by atoms with E-state index in [9.17, 15) is 0 Å². The number of rotatable bonds is 6. The summed E-state index contributed by atoms with van der Waals surface area (Å²) in [6, 6.07) is 42.7. The van der Waals surface area contributed by atoms with Crippen molar-refractivity contribution in [3.8, 4) is 17.1 Å². The number of nitrogens with one attached hydrogen (secondary N) is 1. The maximum Gasteiger partial charge on any atom is 0.145 e. The molecule has 8 rings (SSSR count). The first-order chi connectivity index (χ1) is 22.7. The first kappa shape index (κ1) is 29.8. The number of thioether (sulfide) groups is 2. The summed E-state index contributed by atoms with van der Waals surface area (Å²) in [5.74, 6) is 0.942. The van der Waals surface area contributed by atoms with Crippen LogP contribution in [0.25, 0.3) is 28.1 Å². The quantitative estimate of drug-likeness (QED) is 0.197. The highest BCUT2D eigenvalue weighted by Crippen LogP contribution is 2.50. The van der Waals surface area contributed by atoms with E-state index in [0.717, 1.165) is 55.8 Å². The number of hydrogen-bond acceptors (Lipinski definition) is 5. The average Bonchev–Trinajstić information content (AvgIpc) is 3.72. The van der Waals surface area contributed by atoms with Gasteiger partial charge in [-0.25, -0.2) is 4.98 Å². The molecule has 0 spiro atoms. The Morgan fingerprint density at radius 2 is 1.43 bits per heavy atom. The molecule has 0 amide bonds. The van der Waals surface area contributed by atoms with Crippen molar-refractivity contribution in [3.63, 3.8) is 0 Å². The summed E-state index contributed by atoms with van der Waals surface area (Å²) in [4.78, 5) is 10.9. The molecule has 0 saturated heterocycles. The Kier molecular flexibility index (Phi) is 8.31. The highest BCUT2D eigenvalue weighted by Gasteiger charge is 2.28. The predicted molar refractivity (Wildman–Crippen MR) is 198 cm³/mol. The Hall–Kier alpha value is -4.91. The Bertz CT molecular complexity index is 2080. The van der Waals surface area contributed by atoms with E-state index in [1.165, 1.54) is 15.4 Å². The molecule has 3 heterocycles. The smallest absolute Gasteiger partial charge is 0.145 e. The van der Waals surface area contributed by atoms with Crippen LogP contribution < -0.4 is 10.2 Å². The van der Waals surface area contributed by atoms with Crippen LogP contribution in [0, 0.1) is 0 Å². The first-order valence-electron chi connectivity index (χ1n) is 15.5. The van der Waals surface area contributed by atoms with E-state index in [2.05, 4.69) is 137 Å². The van der Waals surface area contributed by atoms with Gasteiger partial charge in [-0.3, -0.25) is 4.57 Å². The van der Waals surface area contributed by atoms with Gasteiger partial charge in [-0.1, -0.05) is 129 Å². The summed E-state index contributed by atoms with van der Waals surface area (Å²) in [5, 5.41) is 3.89. The molecule has 6 heteroatoms. The van der Waals surface area contributed by atoms with Crippen molar-refractivity contribution in [1.82, 2.24) is 9.55 Å². The number of imidazole rings is 1. The van der Waals surface area contributed by atoms with Crippen molar-refractivity contribution >= 4 is 51.6 Å². The molecule has 2 aliphatic heterocycles. The van der Waals surface area contributed by atoms with E-state index < -0.39 is 0 Å². The van der Waals surface area contributed by atoms with Gasteiger partial charge in [-0.15, -0.1) is 0 Å². The molecule has 4 nitrogen and oxygen atoms in total. The zero-order valence-electron chi connectivity index (χ0n) is 25.9. The Morgan fingerprint density at radius 1 is 0.739 bits per heavy atom. The number of allylic oxidation sites excluding steroid dienone is 2. The zero-order chi connectivity index (χ0) is 31.6. The van der Waals surface area contributed by atoms with Crippen LogP contribution in [0.5, 0.6) is 0 Å². The molecule has 0 bridgehead atoms. The van der Waals surface area contributed by atoms with Crippen LogP contribution in [-0.4, -0.2) is 9.55 Å². The largest absolute Gasteiger partial charge is 0.368 e. The van der Waals surface area contributed by atoms with Gasteiger partial charge >= 0.3 is 0 Å². The van der Waals surface area contributed by atoms with Crippen LogP contribution in [0.3, 0.4) is 0 Å². The lowest BCUT2D eigenvalue weighted by Crippen LogP contribution is -2.19. The van der Waals surface area contributed by atoms with Crippen LogP contribution in [0.1, 0.15) is 24.8 Å². The monoisotopic (exact) mass is 634 g/mol. The second-order valence-electron chi connectivity index (χ2n) is 10.6. The van der Waals surface area contributed by atoms with E-state index in [1.807, 2.05) is 49.9 Å². The molecule has 2 aliphatic rings. The average molecular weight is 635 g/mol. The minimum absolute atomic E-state index is 0.103. The normalized spacial score (nSPS) is 15.0. The summed E-state index contributed by atoms with van der Waals surface area (Å²) in [7, 11) is 0. The van der Waals surface area contributed by atoms with Crippen LogP contribution >= 0.6 is 23.5 Å². The van der Waals surface area contributed by atoms with Gasteiger partial charge in [0.15, 0.2) is 0 Å². The number of hydrogen-bond donors (Lipinski definition) is 1. The Balaban J connectivity index is 0.00000166. The number of benzene rings is 5. The van der Waals surface area contributed by atoms with E-state index >= 15 is 0 Å².